The molecule has 0 radical (unpaired) electrons. The molecule has 3 heterocycles. The minimum atomic E-state index is -4.79. The zero-order chi connectivity index (χ0) is 31.1. The molecule has 14 nitrogen and oxygen atoms in total. The van der Waals surface area contributed by atoms with Gasteiger partial charge in [-0.2, -0.15) is 23.5 Å². The highest BCUT2D eigenvalue weighted by Gasteiger charge is 2.38. The standard InChI is InChI=1S/C26H25F3N10O4/c1-2-15-16(25(42)34-7-6-32-20(41)11-31)3-4-18(21(15)43-14-40)36-23-24-35-12-19(39(24)10-8-33-23)17-13-38(9-5-30)37-22(17)26(27,28)29/h3-4,8,10,12-14H,2,6-7,9,11,31H2,1H3,(H,32,41)(H,33,36)(H,34,42). The Morgan fingerprint density at radius 2 is 1.98 bits per heavy atom. The maximum Gasteiger partial charge on any atom is 0.435 e. The second-order valence-corrected chi connectivity index (χ2v) is 8.83. The number of aromatic nitrogens is 5. The van der Waals surface area contributed by atoms with Gasteiger partial charge in [0.2, 0.25) is 5.91 Å². The molecule has 0 aliphatic heterocycles. The Bertz CT molecular complexity index is 1710. The van der Waals surface area contributed by atoms with E-state index in [0.717, 1.165) is 10.9 Å². The number of amides is 2. The number of ether oxygens (including phenoxy) is 1. The van der Waals surface area contributed by atoms with Crippen LogP contribution in [0.25, 0.3) is 16.9 Å². The molecule has 4 rings (SSSR count). The third kappa shape index (κ3) is 6.54. The molecule has 0 fully saturated rings. The van der Waals surface area contributed by atoms with Gasteiger partial charge in [-0.05, 0) is 18.6 Å². The van der Waals surface area contributed by atoms with Crippen molar-refractivity contribution in [2.75, 3.05) is 25.0 Å². The minimum Gasteiger partial charge on any atom is -0.426 e. The molecular formula is C26H25F3N10O4. The van der Waals surface area contributed by atoms with E-state index in [0.29, 0.717) is 5.56 Å². The summed E-state index contributed by atoms with van der Waals surface area (Å²) in [5, 5.41) is 20.6. The molecule has 0 bridgehead atoms. The third-order valence-electron chi connectivity index (χ3n) is 6.16. The smallest absolute Gasteiger partial charge is 0.426 e. The van der Waals surface area contributed by atoms with Crippen LogP contribution in [-0.4, -0.2) is 62.1 Å². The van der Waals surface area contributed by atoms with E-state index >= 15 is 0 Å². The summed E-state index contributed by atoms with van der Waals surface area (Å²) in [4.78, 5) is 44.1. The Balaban J connectivity index is 1.69. The van der Waals surface area contributed by atoms with Gasteiger partial charge < -0.3 is 26.4 Å². The van der Waals surface area contributed by atoms with Crippen molar-refractivity contribution in [3.8, 4) is 23.1 Å². The highest BCUT2D eigenvalue weighted by molar-refractivity contribution is 5.98. The number of halogens is 3. The topological polar surface area (TPSA) is 194 Å². The van der Waals surface area contributed by atoms with Gasteiger partial charge in [0.25, 0.3) is 12.4 Å². The first kappa shape index (κ1) is 30.5. The number of carbonyl (C=O) groups is 3. The molecule has 5 N–H and O–H groups in total. The lowest BCUT2D eigenvalue weighted by atomic mass is 10.0. The number of nitrogens with two attached hydrogens (primary N) is 1. The monoisotopic (exact) mass is 598 g/mol. The van der Waals surface area contributed by atoms with Crippen LogP contribution in [0.5, 0.6) is 5.75 Å². The van der Waals surface area contributed by atoms with Gasteiger partial charge in [-0.15, -0.1) is 0 Å². The van der Waals surface area contributed by atoms with Crippen LogP contribution in [0, 0.1) is 11.3 Å². The molecule has 0 aliphatic rings. The largest absolute Gasteiger partial charge is 0.435 e. The van der Waals surface area contributed by atoms with E-state index < -0.39 is 17.8 Å². The molecular weight excluding hydrogens is 573 g/mol. The first-order valence-corrected chi connectivity index (χ1v) is 12.7. The molecule has 3 aromatic heterocycles. The lowest BCUT2D eigenvalue weighted by Gasteiger charge is -2.17. The fraction of sp³-hybridized carbons (Fsp3) is 0.269. The minimum absolute atomic E-state index is 0.0364. The second-order valence-electron chi connectivity index (χ2n) is 8.83. The zero-order valence-corrected chi connectivity index (χ0v) is 22.6. The van der Waals surface area contributed by atoms with Gasteiger partial charge in [-0.1, -0.05) is 6.92 Å². The van der Waals surface area contributed by atoms with E-state index in [1.165, 1.54) is 35.1 Å². The summed E-state index contributed by atoms with van der Waals surface area (Å²) in [6.45, 7) is 1.66. The van der Waals surface area contributed by atoms with E-state index in [1.54, 1.807) is 13.0 Å². The van der Waals surface area contributed by atoms with Crippen LogP contribution in [0.1, 0.15) is 28.5 Å². The number of fused-ring (bicyclic) bond motifs is 1. The summed E-state index contributed by atoms with van der Waals surface area (Å²) in [5.74, 6) is -0.702. The average molecular weight is 599 g/mol. The van der Waals surface area contributed by atoms with Crippen LogP contribution in [0.2, 0.25) is 0 Å². The summed E-state index contributed by atoms with van der Waals surface area (Å²) in [7, 11) is 0. The predicted molar refractivity (Wildman–Crippen MR) is 145 cm³/mol. The Kier molecular flexibility index (Phi) is 9.20. The van der Waals surface area contributed by atoms with Crippen LogP contribution in [0.3, 0.4) is 0 Å². The Hall–Kier alpha value is -5.50. The zero-order valence-electron chi connectivity index (χ0n) is 22.6. The molecule has 0 aliphatic carbocycles. The fourth-order valence-electron chi connectivity index (χ4n) is 4.32. The number of imidazole rings is 1. The van der Waals surface area contributed by atoms with Gasteiger partial charge in [0.1, 0.15) is 6.54 Å². The SMILES string of the molecule is CCc1c(C(=O)NCCNC(=O)CN)ccc(Nc2nccn3c(-c4cn(CC#N)nc4C(F)(F)F)cnc23)c1OC=O. The summed E-state index contributed by atoms with van der Waals surface area (Å²) in [5.41, 5.74) is 4.79. The Labute approximate surface area is 241 Å². The number of nitrogens with one attached hydrogen (secondary N) is 3. The van der Waals surface area contributed by atoms with E-state index in [9.17, 15) is 27.6 Å². The highest BCUT2D eigenvalue weighted by atomic mass is 19.4. The number of anilines is 2. The second kappa shape index (κ2) is 13.0. The van der Waals surface area contributed by atoms with Crippen molar-refractivity contribution in [2.45, 2.75) is 26.1 Å². The molecule has 43 heavy (non-hydrogen) atoms. The number of alkyl halides is 3. The van der Waals surface area contributed by atoms with Gasteiger partial charge in [-0.3, -0.25) is 23.5 Å². The van der Waals surface area contributed by atoms with Crippen molar-refractivity contribution in [3.63, 3.8) is 0 Å². The molecule has 1 aromatic carbocycles. The first-order chi connectivity index (χ1) is 20.6. The number of benzene rings is 1. The normalized spacial score (nSPS) is 11.2. The number of carbonyl (C=O) groups excluding carboxylic acids is 3. The molecule has 0 unspecified atom stereocenters. The van der Waals surface area contributed by atoms with Gasteiger partial charge in [0, 0.05) is 42.8 Å². The summed E-state index contributed by atoms with van der Waals surface area (Å²) < 4.78 is 48.8. The van der Waals surface area contributed by atoms with Crippen LogP contribution in [0.15, 0.2) is 36.9 Å². The lowest BCUT2D eigenvalue weighted by Crippen LogP contribution is -2.37. The molecule has 224 valence electrons. The van der Waals surface area contributed by atoms with Crippen molar-refractivity contribution in [1.82, 2.24) is 34.8 Å². The van der Waals surface area contributed by atoms with E-state index in [4.69, 9.17) is 15.7 Å². The molecule has 4 aromatic rings. The van der Waals surface area contributed by atoms with E-state index in [2.05, 4.69) is 31.0 Å². The van der Waals surface area contributed by atoms with Crippen molar-refractivity contribution < 1.29 is 32.3 Å². The van der Waals surface area contributed by atoms with Crippen LogP contribution in [0.4, 0.5) is 24.7 Å². The van der Waals surface area contributed by atoms with E-state index in [-0.39, 0.29) is 84.7 Å². The molecule has 0 atom stereocenters. The summed E-state index contributed by atoms with van der Waals surface area (Å²) in [6, 6.07) is 4.74. The Morgan fingerprint density at radius 1 is 1.21 bits per heavy atom. The van der Waals surface area contributed by atoms with Gasteiger partial charge in [0.05, 0.1) is 35.8 Å². The molecule has 0 saturated carbocycles. The summed E-state index contributed by atoms with van der Waals surface area (Å²) in [6.07, 6.45) is 0.563. The average Bonchev–Trinajstić information content (AvgIpc) is 3.61. The van der Waals surface area contributed by atoms with Crippen LogP contribution in [-0.2, 0) is 28.7 Å². The molecule has 0 saturated heterocycles. The number of nitrogens with zero attached hydrogens (tertiary/aromatic N) is 6. The van der Waals surface area contributed by atoms with Gasteiger partial charge >= 0.3 is 6.18 Å². The van der Waals surface area contributed by atoms with Crippen molar-refractivity contribution in [3.05, 3.63) is 53.7 Å². The number of hydrogen-bond acceptors (Lipinski definition) is 10. The van der Waals surface area contributed by atoms with Gasteiger partial charge in [-0.25, -0.2) is 9.97 Å². The Morgan fingerprint density at radius 3 is 2.65 bits per heavy atom. The van der Waals surface area contributed by atoms with Crippen molar-refractivity contribution in [1.29, 1.82) is 5.26 Å². The molecule has 0 spiro atoms. The highest BCUT2D eigenvalue weighted by Crippen LogP contribution is 2.38. The van der Waals surface area contributed by atoms with E-state index in [1.807, 2.05) is 0 Å². The number of nitriles is 1. The molecule has 17 heteroatoms. The van der Waals surface area contributed by atoms with Crippen molar-refractivity contribution >= 4 is 35.4 Å². The number of rotatable bonds is 12. The van der Waals surface area contributed by atoms with Gasteiger partial charge in [0.15, 0.2) is 22.9 Å². The van der Waals surface area contributed by atoms with Crippen LogP contribution < -0.4 is 26.4 Å². The predicted octanol–water partition coefficient (Wildman–Crippen LogP) is 1.78. The first-order valence-electron chi connectivity index (χ1n) is 12.7. The molecule has 2 amide bonds. The maximum atomic E-state index is 13.8. The third-order valence-corrected chi connectivity index (χ3v) is 6.16. The maximum absolute atomic E-state index is 13.8. The lowest BCUT2D eigenvalue weighted by molar-refractivity contribution is -0.141. The number of hydrogen-bond donors (Lipinski definition) is 4. The summed E-state index contributed by atoms with van der Waals surface area (Å²) >= 11 is 0. The van der Waals surface area contributed by atoms with Crippen LogP contribution >= 0.6 is 0 Å². The quantitative estimate of drug-likeness (QED) is 0.138. The fourth-order valence-corrected chi connectivity index (χ4v) is 4.32. The van der Waals surface area contributed by atoms with Crippen molar-refractivity contribution in [2.24, 2.45) is 5.73 Å².